The number of benzene rings is 2. The average Bonchev–Trinajstić information content (AvgIpc) is 3.02. The number of rotatable bonds is 3. The van der Waals surface area contributed by atoms with Crippen LogP contribution in [0.3, 0.4) is 0 Å². The maximum Gasteiger partial charge on any atom is 0.183 e. The van der Waals surface area contributed by atoms with Gasteiger partial charge in [-0.3, -0.25) is 0 Å². The predicted octanol–water partition coefficient (Wildman–Crippen LogP) is 3.00. The van der Waals surface area contributed by atoms with Gasteiger partial charge in [0.05, 0.1) is 5.52 Å². The third-order valence-electron chi connectivity index (χ3n) is 3.49. The van der Waals surface area contributed by atoms with Crippen LogP contribution in [-0.4, -0.2) is 20.0 Å². The summed E-state index contributed by atoms with van der Waals surface area (Å²) >= 11 is 0. The first-order valence-corrected chi connectivity index (χ1v) is 6.79. The number of ether oxygens (including phenoxy) is 1. The molecular formula is C16H11FN4O. The molecule has 5 nitrogen and oxygen atoms in total. The van der Waals surface area contributed by atoms with E-state index in [1.807, 2.05) is 24.3 Å². The number of pyridine rings is 1. The van der Waals surface area contributed by atoms with Crippen LogP contribution in [-0.2, 0) is 6.61 Å². The number of tetrazole rings is 1. The van der Waals surface area contributed by atoms with E-state index in [2.05, 4.69) is 15.5 Å². The van der Waals surface area contributed by atoms with Crippen LogP contribution in [0, 0.1) is 5.82 Å². The number of halogens is 1. The molecule has 0 bridgehead atoms. The van der Waals surface area contributed by atoms with Crippen LogP contribution in [0.5, 0.6) is 5.75 Å². The summed E-state index contributed by atoms with van der Waals surface area (Å²) in [5, 5.41) is 12.5. The van der Waals surface area contributed by atoms with Crippen molar-refractivity contribution in [2.75, 3.05) is 0 Å². The van der Waals surface area contributed by atoms with E-state index in [4.69, 9.17) is 4.74 Å². The molecule has 0 aliphatic carbocycles. The molecule has 0 unspecified atom stereocenters. The van der Waals surface area contributed by atoms with Crippen LogP contribution in [0.2, 0.25) is 0 Å². The van der Waals surface area contributed by atoms with Crippen molar-refractivity contribution in [2.24, 2.45) is 0 Å². The maximum atomic E-state index is 13.7. The Morgan fingerprint density at radius 1 is 1.05 bits per heavy atom. The fraction of sp³-hybridized carbons (Fsp3) is 0.0625. The molecule has 0 spiro atoms. The lowest BCUT2D eigenvalue weighted by molar-refractivity contribution is 0.303. The predicted molar refractivity (Wildman–Crippen MR) is 79.0 cm³/mol. The zero-order valence-electron chi connectivity index (χ0n) is 11.5. The first-order chi connectivity index (χ1) is 10.8. The zero-order valence-corrected chi connectivity index (χ0v) is 11.5. The van der Waals surface area contributed by atoms with E-state index < -0.39 is 0 Å². The summed E-state index contributed by atoms with van der Waals surface area (Å²) in [6, 6.07) is 16.0. The van der Waals surface area contributed by atoms with Gasteiger partial charge in [0.2, 0.25) is 0 Å². The minimum Gasteiger partial charge on any atom is -0.488 e. The highest BCUT2D eigenvalue weighted by Crippen LogP contribution is 2.27. The van der Waals surface area contributed by atoms with Crippen LogP contribution >= 0.6 is 0 Å². The first-order valence-electron chi connectivity index (χ1n) is 6.79. The van der Waals surface area contributed by atoms with Crippen LogP contribution < -0.4 is 4.74 Å². The Bertz CT molecular complexity index is 967. The Hall–Kier alpha value is -3.02. The lowest BCUT2D eigenvalue weighted by Gasteiger charge is -2.10. The van der Waals surface area contributed by atoms with Crippen molar-refractivity contribution in [1.82, 2.24) is 20.0 Å². The average molecular weight is 294 g/mol. The lowest BCUT2D eigenvalue weighted by atomic mass is 10.2. The molecule has 2 aromatic carbocycles. The third kappa shape index (κ3) is 2.05. The van der Waals surface area contributed by atoms with Crippen molar-refractivity contribution in [3.05, 3.63) is 66.0 Å². The molecule has 0 atom stereocenters. The van der Waals surface area contributed by atoms with E-state index in [1.165, 1.54) is 6.07 Å². The summed E-state index contributed by atoms with van der Waals surface area (Å²) in [5.41, 5.74) is 1.93. The summed E-state index contributed by atoms with van der Waals surface area (Å²) in [4.78, 5) is 0. The monoisotopic (exact) mass is 294 g/mol. The van der Waals surface area contributed by atoms with E-state index in [9.17, 15) is 4.39 Å². The largest absolute Gasteiger partial charge is 0.488 e. The normalized spacial score (nSPS) is 11.1. The van der Waals surface area contributed by atoms with Crippen LogP contribution in [0.25, 0.3) is 16.6 Å². The van der Waals surface area contributed by atoms with Gasteiger partial charge in [-0.2, -0.15) is 4.52 Å². The molecule has 108 valence electrons. The highest BCUT2D eigenvalue weighted by Gasteiger charge is 2.10. The molecule has 0 amide bonds. The summed E-state index contributed by atoms with van der Waals surface area (Å²) in [6.07, 6.45) is 0. The molecule has 0 fully saturated rings. The number of fused-ring (bicyclic) bond motifs is 3. The second kappa shape index (κ2) is 5.07. The summed E-state index contributed by atoms with van der Waals surface area (Å²) in [5.74, 6) is 0.346. The SMILES string of the molecule is Fc1ccccc1COc1cc2nnnn2c2ccccc12. The Morgan fingerprint density at radius 2 is 1.86 bits per heavy atom. The van der Waals surface area contributed by atoms with Gasteiger partial charge in [-0.1, -0.05) is 30.3 Å². The second-order valence-corrected chi connectivity index (χ2v) is 4.85. The molecule has 22 heavy (non-hydrogen) atoms. The number of hydrogen-bond acceptors (Lipinski definition) is 4. The quantitative estimate of drug-likeness (QED) is 0.583. The van der Waals surface area contributed by atoms with Gasteiger partial charge in [0, 0.05) is 17.0 Å². The van der Waals surface area contributed by atoms with Gasteiger partial charge in [-0.15, -0.1) is 5.10 Å². The van der Waals surface area contributed by atoms with Gasteiger partial charge in [0.1, 0.15) is 18.2 Å². The molecule has 2 aromatic heterocycles. The number of nitrogens with zero attached hydrogens (tertiary/aromatic N) is 4. The Kier molecular flexibility index (Phi) is 2.93. The van der Waals surface area contributed by atoms with E-state index in [0.29, 0.717) is 17.0 Å². The van der Waals surface area contributed by atoms with Gasteiger partial charge < -0.3 is 4.74 Å². The molecule has 0 N–H and O–H groups in total. The van der Waals surface area contributed by atoms with Crippen molar-refractivity contribution in [1.29, 1.82) is 0 Å². The minimum absolute atomic E-state index is 0.147. The standard InChI is InChI=1S/C16H11FN4O/c17-13-7-3-1-5-11(13)10-22-15-9-16-18-19-20-21(16)14-8-4-2-6-12(14)15/h1-9H,10H2. The Labute approximate surface area is 124 Å². The molecule has 4 rings (SSSR count). The van der Waals surface area contributed by atoms with Crippen molar-refractivity contribution in [3.63, 3.8) is 0 Å². The molecule has 4 aromatic rings. The van der Waals surface area contributed by atoms with Crippen molar-refractivity contribution in [3.8, 4) is 5.75 Å². The van der Waals surface area contributed by atoms with Gasteiger partial charge in [0.25, 0.3) is 0 Å². The summed E-state index contributed by atoms with van der Waals surface area (Å²) in [7, 11) is 0. The summed E-state index contributed by atoms with van der Waals surface area (Å²) < 4.78 is 21.2. The smallest absolute Gasteiger partial charge is 0.183 e. The molecule has 0 radical (unpaired) electrons. The third-order valence-corrected chi connectivity index (χ3v) is 3.49. The van der Waals surface area contributed by atoms with Gasteiger partial charge in [0.15, 0.2) is 5.65 Å². The minimum atomic E-state index is -0.281. The molecule has 0 aliphatic heterocycles. The first kappa shape index (κ1) is 12.7. The molecule has 6 heteroatoms. The number of hydrogen-bond donors (Lipinski definition) is 0. The van der Waals surface area contributed by atoms with Gasteiger partial charge in [-0.05, 0) is 28.6 Å². The fourth-order valence-corrected chi connectivity index (χ4v) is 2.41. The van der Waals surface area contributed by atoms with Crippen molar-refractivity contribution in [2.45, 2.75) is 6.61 Å². The van der Waals surface area contributed by atoms with Crippen LogP contribution in [0.4, 0.5) is 4.39 Å². The van der Waals surface area contributed by atoms with Crippen molar-refractivity contribution < 1.29 is 9.13 Å². The van der Waals surface area contributed by atoms with E-state index >= 15 is 0 Å². The highest BCUT2D eigenvalue weighted by molar-refractivity contribution is 5.87. The maximum absolute atomic E-state index is 13.7. The van der Waals surface area contributed by atoms with E-state index in [1.54, 1.807) is 28.8 Å². The topological polar surface area (TPSA) is 52.3 Å². The molecule has 0 saturated heterocycles. The molecule has 0 saturated carbocycles. The number of aromatic nitrogens is 4. The molecular weight excluding hydrogens is 283 g/mol. The highest BCUT2D eigenvalue weighted by atomic mass is 19.1. The Balaban J connectivity index is 1.78. The fourth-order valence-electron chi connectivity index (χ4n) is 2.41. The van der Waals surface area contributed by atoms with E-state index in [-0.39, 0.29) is 12.4 Å². The number of para-hydroxylation sites is 1. The summed E-state index contributed by atoms with van der Waals surface area (Å²) in [6.45, 7) is 0.147. The molecule has 0 aliphatic rings. The van der Waals surface area contributed by atoms with Gasteiger partial charge in [-0.25, -0.2) is 4.39 Å². The molecule has 2 heterocycles. The lowest BCUT2D eigenvalue weighted by Crippen LogP contribution is -2.00. The van der Waals surface area contributed by atoms with E-state index in [0.717, 1.165) is 10.9 Å². The van der Waals surface area contributed by atoms with Crippen molar-refractivity contribution >= 4 is 16.6 Å². The Morgan fingerprint density at radius 3 is 2.77 bits per heavy atom. The van der Waals surface area contributed by atoms with Gasteiger partial charge >= 0.3 is 0 Å². The van der Waals surface area contributed by atoms with Crippen LogP contribution in [0.1, 0.15) is 5.56 Å². The second-order valence-electron chi connectivity index (χ2n) is 4.85. The van der Waals surface area contributed by atoms with Crippen LogP contribution in [0.15, 0.2) is 54.6 Å². The zero-order chi connectivity index (χ0) is 14.9.